The van der Waals surface area contributed by atoms with Gasteiger partial charge in [-0.1, -0.05) is 85.0 Å². The van der Waals surface area contributed by atoms with Gasteiger partial charge in [0.05, 0.1) is 59.7 Å². The van der Waals surface area contributed by atoms with E-state index in [9.17, 15) is 38.8 Å². The second kappa shape index (κ2) is 21.6. The fourth-order valence-corrected chi connectivity index (χ4v) is 7.72. The topological polar surface area (TPSA) is 181 Å². The van der Waals surface area contributed by atoms with Crippen molar-refractivity contribution in [3.05, 3.63) is 143 Å². The number of aliphatic carboxylic acids is 2. The molecule has 0 amide bonds. The molecule has 322 valence electrons. The zero-order valence-corrected chi connectivity index (χ0v) is 36.7. The van der Waals surface area contributed by atoms with Gasteiger partial charge in [0.1, 0.15) is 11.6 Å². The first-order chi connectivity index (χ1) is 29.8. The van der Waals surface area contributed by atoms with Gasteiger partial charge in [-0.15, -0.1) is 0 Å². The number of aliphatic hydroxyl groups is 4. The molecule has 63 heavy (non-hydrogen) atoms. The van der Waals surface area contributed by atoms with Crippen LogP contribution in [0.15, 0.2) is 109 Å². The molecule has 2 aliphatic carbocycles. The first kappa shape index (κ1) is 47.6. The minimum atomic E-state index is -1.13. The average molecular weight is 883 g/mol. The van der Waals surface area contributed by atoms with Crippen molar-refractivity contribution in [2.45, 2.75) is 87.6 Å². The third kappa shape index (κ3) is 12.6. The van der Waals surface area contributed by atoms with Crippen molar-refractivity contribution in [3.8, 4) is 22.3 Å². The molecule has 0 saturated heterocycles. The second-order valence-electron chi connectivity index (χ2n) is 16.0. The van der Waals surface area contributed by atoms with Gasteiger partial charge in [-0.05, 0) is 73.2 Å². The van der Waals surface area contributed by atoms with E-state index in [1.165, 1.54) is 24.3 Å². The minimum Gasteiger partial charge on any atom is -0.481 e. The summed E-state index contributed by atoms with van der Waals surface area (Å²) in [6, 6.07) is 28.2. The monoisotopic (exact) mass is 882 g/mol. The number of carboxylic acid groups (broad SMARTS) is 2. The maximum Gasteiger partial charge on any atom is 0.305 e. The van der Waals surface area contributed by atoms with Crippen LogP contribution in [0, 0.1) is 11.6 Å². The van der Waals surface area contributed by atoms with Crippen LogP contribution in [0.1, 0.15) is 85.7 Å². The predicted molar refractivity (Wildman–Crippen MR) is 240 cm³/mol. The number of hydrogen-bond acceptors (Lipinski definition) is 8. The molecular formula is C50H48CaF2N2O8. The van der Waals surface area contributed by atoms with E-state index in [2.05, 4.69) is 0 Å². The maximum absolute atomic E-state index is 13.6. The van der Waals surface area contributed by atoms with Crippen molar-refractivity contribution >= 4 is 83.6 Å². The number of pyridine rings is 2. The quantitative estimate of drug-likeness (QED) is 0.0515. The molecule has 13 heteroatoms. The zero-order valence-electron chi connectivity index (χ0n) is 34.5. The van der Waals surface area contributed by atoms with Crippen LogP contribution in [0.25, 0.3) is 56.2 Å². The number of carbonyl (C=O) groups is 2. The standard InChI is InChI=1S/2C25H24FNO4.Ca/c2*26-17-9-7-15(8-10-17)24-20-3-1-2-4-22(20)27-25(16-5-6-16)21(24)12-11-18(28)13-19(29)14-23(30)31;/h2*1-4,7-12,16,18-19,28-29H,5-6,13-14H2,(H,30,31);/b2*12-11+;/t2*18-,19+;/m00./s1. The summed E-state index contributed by atoms with van der Waals surface area (Å²) >= 11 is 0. The van der Waals surface area contributed by atoms with Gasteiger partial charge in [0.15, 0.2) is 0 Å². The van der Waals surface area contributed by atoms with Crippen molar-refractivity contribution in [2.24, 2.45) is 0 Å². The number of halogens is 2. The summed E-state index contributed by atoms with van der Waals surface area (Å²) in [4.78, 5) is 31.3. The maximum atomic E-state index is 13.6. The van der Waals surface area contributed by atoms with Crippen molar-refractivity contribution < 1.29 is 49.0 Å². The number of carboxylic acids is 2. The van der Waals surface area contributed by atoms with Gasteiger partial charge in [-0.25, -0.2) is 8.78 Å². The van der Waals surface area contributed by atoms with E-state index in [-0.39, 0.29) is 62.2 Å². The molecule has 0 unspecified atom stereocenters. The SMILES string of the molecule is O=C(O)C[C@H](O)C[C@@H](O)/C=C/c1c(C2CC2)nc2ccccc2c1-c1ccc(F)cc1.O=C(O)C[C@H](O)C[C@@H](O)/C=C/c1c(C2CC2)nc2ccccc2c1-c1ccc(F)cc1.[Ca]. The van der Waals surface area contributed by atoms with Crippen LogP contribution >= 0.6 is 0 Å². The van der Waals surface area contributed by atoms with Gasteiger partial charge in [0.2, 0.25) is 0 Å². The number of benzene rings is 4. The summed E-state index contributed by atoms with van der Waals surface area (Å²) in [6.45, 7) is 0. The van der Waals surface area contributed by atoms with Gasteiger partial charge in [-0.3, -0.25) is 19.6 Å². The Morgan fingerprint density at radius 2 is 0.921 bits per heavy atom. The molecule has 0 spiro atoms. The largest absolute Gasteiger partial charge is 0.481 e. The Morgan fingerprint density at radius 3 is 1.25 bits per heavy atom. The van der Waals surface area contributed by atoms with Crippen LogP contribution in [0.4, 0.5) is 8.78 Å². The minimum absolute atomic E-state index is 0. The molecule has 4 aromatic carbocycles. The molecule has 0 aliphatic heterocycles. The fraction of sp³-hybridized carbons (Fsp3) is 0.280. The summed E-state index contributed by atoms with van der Waals surface area (Å²) in [5, 5.41) is 59.8. The molecule has 2 aliphatic rings. The van der Waals surface area contributed by atoms with E-state index in [4.69, 9.17) is 20.2 Å². The van der Waals surface area contributed by atoms with E-state index in [0.717, 1.165) is 92.3 Å². The van der Waals surface area contributed by atoms with Crippen molar-refractivity contribution in [3.63, 3.8) is 0 Å². The Labute approximate surface area is 393 Å². The van der Waals surface area contributed by atoms with E-state index in [0.29, 0.717) is 11.8 Å². The molecule has 2 fully saturated rings. The molecule has 6 aromatic rings. The van der Waals surface area contributed by atoms with Crippen molar-refractivity contribution in [1.29, 1.82) is 0 Å². The van der Waals surface area contributed by atoms with E-state index < -0.39 is 49.2 Å². The molecule has 8 rings (SSSR count). The number of aliphatic hydroxyl groups excluding tert-OH is 4. The molecule has 2 saturated carbocycles. The average Bonchev–Trinajstić information content (AvgIpc) is 4.17. The number of hydrogen-bond donors (Lipinski definition) is 6. The number of fused-ring (bicyclic) bond motifs is 2. The van der Waals surface area contributed by atoms with Crippen LogP contribution in [0.3, 0.4) is 0 Å². The Balaban J connectivity index is 0.000000206. The smallest absolute Gasteiger partial charge is 0.305 e. The molecule has 10 nitrogen and oxygen atoms in total. The summed E-state index contributed by atoms with van der Waals surface area (Å²) in [5.74, 6) is -2.20. The summed E-state index contributed by atoms with van der Waals surface area (Å²) in [6.07, 6.45) is 5.60. The third-order valence-corrected chi connectivity index (χ3v) is 10.9. The molecule has 0 bridgehead atoms. The summed E-state index contributed by atoms with van der Waals surface area (Å²) < 4.78 is 27.2. The Morgan fingerprint density at radius 1 is 0.571 bits per heavy atom. The predicted octanol–water partition coefficient (Wildman–Crippen LogP) is 8.66. The van der Waals surface area contributed by atoms with Crippen LogP contribution in [-0.2, 0) is 9.59 Å². The number of aromatic nitrogens is 2. The van der Waals surface area contributed by atoms with E-state index in [1.807, 2.05) is 48.5 Å². The van der Waals surface area contributed by atoms with Crippen LogP contribution in [-0.4, -0.2) is 115 Å². The van der Waals surface area contributed by atoms with Crippen LogP contribution in [0.5, 0.6) is 0 Å². The number of nitrogens with zero attached hydrogens (tertiary/aromatic N) is 2. The van der Waals surface area contributed by atoms with Gasteiger partial charge in [0, 0.05) is 95.4 Å². The van der Waals surface area contributed by atoms with Gasteiger partial charge < -0.3 is 30.6 Å². The normalized spacial score (nSPS) is 15.7. The van der Waals surface area contributed by atoms with E-state index >= 15 is 0 Å². The number of para-hydroxylation sites is 2. The fourth-order valence-electron chi connectivity index (χ4n) is 7.72. The summed E-state index contributed by atoms with van der Waals surface area (Å²) in [5.41, 5.74) is 8.85. The first-order valence-electron chi connectivity index (χ1n) is 20.7. The molecular weight excluding hydrogens is 835 g/mol. The van der Waals surface area contributed by atoms with Crippen molar-refractivity contribution in [1.82, 2.24) is 9.97 Å². The second-order valence-corrected chi connectivity index (χ2v) is 16.0. The van der Waals surface area contributed by atoms with Crippen LogP contribution < -0.4 is 0 Å². The Bertz CT molecular complexity index is 2430. The molecule has 2 aromatic heterocycles. The van der Waals surface area contributed by atoms with Crippen LogP contribution in [0.2, 0.25) is 0 Å². The summed E-state index contributed by atoms with van der Waals surface area (Å²) in [7, 11) is 0. The third-order valence-electron chi connectivity index (χ3n) is 10.9. The zero-order chi connectivity index (χ0) is 43.9. The van der Waals surface area contributed by atoms with Crippen molar-refractivity contribution in [2.75, 3.05) is 0 Å². The molecule has 4 atom stereocenters. The molecule has 2 heterocycles. The first-order valence-corrected chi connectivity index (χ1v) is 20.7. The molecule has 6 N–H and O–H groups in total. The number of rotatable bonds is 16. The van der Waals surface area contributed by atoms with E-state index in [1.54, 1.807) is 48.6 Å². The van der Waals surface area contributed by atoms with Gasteiger partial charge >= 0.3 is 11.9 Å². The van der Waals surface area contributed by atoms with Gasteiger partial charge in [-0.2, -0.15) is 0 Å². The Hall–Kier alpha value is -4.92. The molecule has 2 radical (unpaired) electrons. The Kier molecular flexibility index (Phi) is 16.3. The van der Waals surface area contributed by atoms with Gasteiger partial charge in [0.25, 0.3) is 0 Å².